The summed E-state index contributed by atoms with van der Waals surface area (Å²) < 4.78 is 0. The van der Waals surface area contributed by atoms with Crippen LogP contribution in [0.4, 0.5) is 0 Å². The number of rotatable bonds is 7. The molecule has 0 aromatic heterocycles. The number of thiol groups is 1. The zero-order chi connectivity index (χ0) is 20.7. The third-order valence-corrected chi connectivity index (χ3v) is 7.69. The Hall–Kier alpha value is -1.61. The number of carbonyl (C=O) groups excluding carboxylic acids is 3. The van der Waals surface area contributed by atoms with Crippen LogP contribution in [-0.4, -0.2) is 62.8 Å². The van der Waals surface area contributed by atoms with Gasteiger partial charge in [-0.2, -0.15) is 0 Å². The van der Waals surface area contributed by atoms with Crippen LogP contribution in [0.2, 0.25) is 0 Å². The van der Waals surface area contributed by atoms with Gasteiger partial charge < -0.3 is 5.11 Å². The van der Waals surface area contributed by atoms with Crippen LogP contribution in [0.5, 0.6) is 0 Å². The molecule has 6 nitrogen and oxygen atoms in total. The molecule has 0 radical (unpaired) electrons. The van der Waals surface area contributed by atoms with Gasteiger partial charge in [-0.1, -0.05) is 49.9 Å². The maximum Gasteiger partial charge on any atom is 0.236 e. The predicted molar refractivity (Wildman–Crippen MR) is 114 cm³/mol. The zero-order valence-corrected chi connectivity index (χ0v) is 17.9. The molecule has 3 aliphatic rings. The van der Waals surface area contributed by atoms with Crippen LogP contribution in [0.3, 0.4) is 0 Å². The Morgan fingerprint density at radius 1 is 1.31 bits per heavy atom. The van der Waals surface area contributed by atoms with Crippen LogP contribution in [0.25, 0.3) is 0 Å². The first-order valence-corrected chi connectivity index (χ1v) is 11.2. The van der Waals surface area contributed by atoms with Crippen molar-refractivity contribution >= 4 is 41.2 Å². The predicted octanol–water partition coefficient (Wildman–Crippen LogP) is 2.16. The van der Waals surface area contributed by atoms with E-state index in [1.54, 1.807) is 0 Å². The Labute approximate surface area is 179 Å². The molecular formula is C21H24N2O4S2. The highest BCUT2D eigenvalue weighted by Crippen LogP contribution is 2.54. The summed E-state index contributed by atoms with van der Waals surface area (Å²) in [6.07, 6.45) is 0.625. The molecule has 154 valence electrons. The Balaban J connectivity index is 1.47. The molecule has 2 saturated heterocycles. The van der Waals surface area contributed by atoms with Gasteiger partial charge in [-0.3, -0.25) is 24.2 Å². The SMILES string of the molecule is CC[C@H](O)[C@@H]1C(=O)N2C(C(=O)S)=C([C@H]3CCN(CC(=O)c4ccccc4)C3)S[C@H]12. The van der Waals surface area contributed by atoms with Crippen LogP contribution < -0.4 is 0 Å². The quantitative estimate of drug-likeness (QED) is 0.391. The monoisotopic (exact) mass is 432 g/mol. The summed E-state index contributed by atoms with van der Waals surface area (Å²) in [6.45, 7) is 3.62. The lowest BCUT2D eigenvalue weighted by molar-refractivity contribution is -0.154. The number of thioether (sulfide) groups is 1. The topological polar surface area (TPSA) is 77.9 Å². The molecular weight excluding hydrogens is 408 g/mol. The minimum absolute atomic E-state index is 0.0786. The second kappa shape index (κ2) is 8.26. The van der Waals surface area contributed by atoms with Gasteiger partial charge in [0, 0.05) is 22.9 Å². The zero-order valence-electron chi connectivity index (χ0n) is 16.2. The Bertz CT molecular complexity index is 873. The molecule has 0 bridgehead atoms. The van der Waals surface area contributed by atoms with E-state index in [0.29, 0.717) is 30.8 Å². The number of nitrogens with zero attached hydrogens (tertiary/aromatic N) is 2. The molecule has 3 heterocycles. The number of fused-ring (bicyclic) bond motifs is 1. The molecule has 0 saturated carbocycles. The standard InChI is InChI=1S/C21H24N2O4S2/c1-2-14(24)16-19(26)23-17(21(27)28)18(29-20(16)23)13-8-9-22(10-13)11-15(25)12-6-4-3-5-7-12/h3-7,13-14,16,20,24H,2,8-11H2,1H3,(H,27,28)/t13-,14-,16+,20+/m0/s1. The highest BCUT2D eigenvalue weighted by Gasteiger charge is 2.58. The third-order valence-electron chi connectivity index (χ3n) is 5.95. The molecule has 0 aliphatic carbocycles. The third kappa shape index (κ3) is 3.67. The molecule has 1 amide bonds. The van der Waals surface area contributed by atoms with E-state index in [1.165, 1.54) is 16.7 Å². The lowest BCUT2D eigenvalue weighted by Gasteiger charge is -2.44. The minimum atomic E-state index is -0.699. The second-order valence-electron chi connectivity index (χ2n) is 7.75. The van der Waals surface area contributed by atoms with Crippen molar-refractivity contribution in [2.75, 3.05) is 19.6 Å². The average molecular weight is 433 g/mol. The molecule has 4 rings (SSSR count). The molecule has 8 heteroatoms. The van der Waals surface area contributed by atoms with E-state index in [4.69, 9.17) is 0 Å². The number of β-lactam (4-membered cyclic amide) rings is 1. The first kappa shape index (κ1) is 20.7. The smallest absolute Gasteiger partial charge is 0.236 e. The summed E-state index contributed by atoms with van der Waals surface area (Å²) in [5.74, 6) is -0.497. The molecule has 2 fully saturated rings. The summed E-state index contributed by atoms with van der Waals surface area (Å²) in [7, 11) is 0. The normalized spacial score (nSPS) is 27.8. The number of hydrogen-bond acceptors (Lipinski definition) is 6. The van der Waals surface area contributed by atoms with Gasteiger partial charge in [-0.15, -0.1) is 11.8 Å². The Morgan fingerprint density at radius 2 is 2.03 bits per heavy atom. The number of amides is 1. The molecule has 29 heavy (non-hydrogen) atoms. The highest BCUT2D eigenvalue weighted by atomic mass is 32.2. The van der Waals surface area contributed by atoms with Crippen molar-refractivity contribution in [2.45, 2.75) is 31.2 Å². The van der Waals surface area contributed by atoms with Crippen molar-refractivity contribution in [3.05, 3.63) is 46.5 Å². The lowest BCUT2D eigenvalue weighted by atomic mass is 9.89. The summed E-state index contributed by atoms with van der Waals surface area (Å²) in [5, 5.41) is 9.56. The molecule has 4 atom stereocenters. The van der Waals surface area contributed by atoms with Crippen molar-refractivity contribution in [3.8, 4) is 0 Å². The summed E-state index contributed by atoms with van der Waals surface area (Å²) >= 11 is 5.53. The van der Waals surface area contributed by atoms with Crippen LogP contribution in [0, 0.1) is 11.8 Å². The first-order valence-electron chi connectivity index (χ1n) is 9.88. The van der Waals surface area contributed by atoms with Crippen molar-refractivity contribution in [2.24, 2.45) is 11.8 Å². The number of aliphatic hydroxyl groups is 1. The van der Waals surface area contributed by atoms with Gasteiger partial charge >= 0.3 is 0 Å². The highest BCUT2D eigenvalue weighted by molar-refractivity contribution is 8.04. The number of benzene rings is 1. The maximum absolute atomic E-state index is 12.6. The summed E-state index contributed by atoms with van der Waals surface area (Å²) in [5.41, 5.74) is 1.07. The van der Waals surface area contributed by atoms with E-state index < -0.39 is 17.1 Å². The fourth-order valence-electron chi connectivity index (χ4n) is 4.37. The van der Waals surface area contributed by atoms with E-state index in [1.807, 2.05) is 37.3 Å². The van der Waals surface area contributed by atoms with E-state index >= 15 is 0 Å². The number of Topliss-reactive ketones (excluding diaryl/α,β-unsaturated/α-hetero) is 1. The number of hydrogen-bond donors (Lipinski definition) is 2. The lowest BCUT2D eigenvalue weighted by Crippen LogP contribution is -2.61. The number of likely N-dealkylation sites (tertiary alicyclic amines) is 1. The fourth-order valence-corrected chi connectivity index (χ4v) is 6.38. The largest absolute Gasteiger partial charge is 0.392 e. The van der Waals surface area contributed by atoms with Gasteiger partial charge in [0.15, 0.2) is 5.78 Å². The van der Waals surface area contributed by atoms with Gasteiger partial charge in [-0.25, -0.2) is 0 Å². The minimum Gasteiger partial charge on any atom is -0.392 e. The van der Waals surface area contributed by atoms with Gasteiger partial charge in [-0.05, 0) is 19.4 Å². The molecule has 0 spiro atoms. The maximum atomic E-state index is 12.6. The van der Waals surface area contributed by atoms with Crippen LogP contribution in [-0.2, 0) is 9.59 Å². The van der Waals surface area contributed by atoms with Gasteiger partial charge in [0.05, 0.1) is 18.6 Å². The van der Waals surface area contributed by atoms with E-state index in [9.17, 15) is 19.5 Å². The van der Waals surface area contributed by atoms with Crippen molar-refractivity contribution < 1.29 is 19.5 Å². The van der Waals surface area contributed by atoms with Crippen molar-refractivity contribution in [1.82, 2.24) is 9.80 Å². The van der Waals surface area contributed by atoms with Crippen LogP contribution in [0.15, 0.2) is 40.9 Å². The Kier molecular flexibility index (Phi) is 5.88. The fraction of sp³-hybridized carbons (Fsp3) is 0.476. The molecule has 1 aromatic rings. The van der Waals surface area contributed by atoms with E-state index in [-0.39, 0.29) is 23.0 Å². The molecule has 0 unspecified atom stereocenters. The number of carbonyl (C=O) groups is 3. The van der Waals surface area contributed by atoms with Gasteiger partial charge in [0.2, 0.25) is 11.0 Å². The van der Waals surface area contributed by atoms with Crippen molar-refractivity contribution in [3.63, 3.8) is 0 Å². The summed E-state index contributed by atoms with van der Waals surface area (Å²) in [4.78, 5) is 41.8. The van der Waals surface area contributed by atoms with Crippen LogP contribution >= 0.6 is 24.4 Å². The van der Waals surface area contributed by atoms with E-state index in [0.717, 1.165) is 17.9 Å². The molecule has 1 N–H and O–H groups in total. The number of ketones is 1. The molecule has 1 aromatic carbocycles. The average Bonchev–Trinajstić information content (AvgIpc) is 3.31. The second-order valence-corrected chi connectivity index (χ2v) is 9.31. The molecule has 3 aliphatic heterocycles. The first-order chi connectivity index (χ1) is 13.9. The summed E-state index contributed by atoms with van der Waals surface area (Å²) in [6, 6.07) is 9.23. The van der Waals surface area contributed by atoms with Crippen molar-refractivity contribution in [1.29, 1.82) is 0 Å². The Morgan fingerprint density at radius 3 is 2.69 bits per heavy atom. The van der Waals surface area contributed by atoms with Crippen LogP contribution in [0.1, 0.15) is 30.1 Å². The number of aliphatic hydroxyl groups excluding tert-OH is 1. The van der Waals surface area contributed by atoms with Gasteiger partial charge in [0.1, 0.15) is 11.1 Å². The van der Waals surface area contributed by atoms with Gasteiger partial charge in [0.25, 0.3) is 0 Å². The van der Waals surface area contributed by atoms with E-state index in [2.05, 4.69) is 17.5 Å².